The van der Waals surface area contributed by atoms with Crippen molar-refractivity contribution in [2.75, 3.05) is 25.1 Å². The summed E-state index contributed by atoms with van der Waals surface area (Å²) in [7, 11) is 1.67. The van der Waals surface area contributed by atoms with Gasteiger partial charge < -0.3 is 19.5 Å². The number of hydrogen-bond acceptors (Lipinski definition) is 5. The van der Waals surface area contributed by atoms with Crippen LogP contribution in [0.2, 0.25) is 0 Å². The van der Waals surface area contributed by atoms with Crippen molar-refractivity contribution < 1.29 is 14.1 Å². The summed E-state index contributed by atoms with van der Waals surface area (Å²) in [5, 5.41) is 6.87. The predicted molar refractivity (Wildman–Crippen MR) is 91.4 cm³/mol. The summed E-state index contributed by atoms with van der Waals surface area (Å²) >= 11 is 0. The fourth-order valence-corrected chi connectivity index (χ4v) is 3.19. The number of nitrogens with one attached hydrogen (secondary N) is 1. The molecule has 2 aromatic rings. The Balaban J connectivity index is 1.68. The highest BCUT2D eigenvalue weighted by Crippen LogP contribution is 2.35. The largest absolute Gasteiger partial charge is 0.495 e. The Morgan fingerprint density at radius 1 is 1.42 bits per heavy atom. The minimum absolute atomic E-state index is 0.0197. The normalized spacial score (nSPS) is 13.5. The second kappa shape index (κ2) is 6.95. The molecule has 3 rings (SSSR count). The summed E-state index contributed by atoms with van der Waals surface area (Å²) < 4.78 is 10.6. The van der Waals surface area contributed by atoms with Crippen LogP contribution in [0.3, 0.4) is 0 Å². The quantitative estimate of drug-likeness (QED) is 0.912. The van der Waals surface area contributed by atoms with Crippen molar-refractivity contribution in [3.05, 3.63) is 40.8 Å². The number of carbonyl (C=O) groups is 1. The Hall–Kier alpha value is -2.50. The Labute approximate surface area is 141 Å². The van der Waals surface area contributed by atoms with Gasteiger partial charge in [0.05, 0.1) is 25.0 Å². The first-order chi connectivity index (χ1) is 11.6. The van der Waals surface area contributed by atoms with Crippen molar-refractivity contribution in [1.29, 1.82) is 0 Å². The van der Waals surface area contributed by atoms with Gasteiger partial charge in [0.15, 0.2) is 0 Å². The van der Waals surface area contributed by atoms with E-state index in [1.165, 1.54) is 5.56 Å². The van der Waals surface area contributed by atoms with Crippen molar-refractivity contribution in [3.63, 3.8) is 0 Å². The molecule has 0 spiro atoms. The monoisotopic (exact) mass is 329 g/mol. The first-order valence-corrected chi connectivity index (χ1v) is 8.19. The standard InChI is InChI=1S/C18H23N3O3/c1-12-15(13(2)24-20-12)10-19-17(22)11-21-9-5-7-14-6-4-8-16(23-3)18(14)21/h4,6,8H,5,7,9-11H2,1-3H3,(H,19,22). The van der Waals surface area contributed by atoms with E-state index in [0.717, 1.165) is 47.8 Å². The lowest BCUT2D eigenvalue weighted by atomic mass is 10.0. The fourth-order valence-electron chi connectivity index (χ4n) is 3.19. The summed E-state index contributed by atoms with van der Waals surface area (Å²) in [6.45, 7) is 5.34. The number of nitrogens with zero attached hydrogens (tertiary/aromatic N) is 2. The maximum absolute atomic E-state index is 12.4. The van der Waals surface area contributed by atoms with Crippen LogP contribution in [0.25, 0.3) is 0 Å². The molecule has 1 aromatic carbocycles. The number of carbonyl (C=O) groups excluding carboxylic acids is 1. The Morgan fingerprint density at radius 2 is 2.25 bits per heavy atom. The number of rotatable bonds is 5. The number of fused-ring (bicyclic) bond motifs is 1. The number of aryl methyl sites for hydroxylation is 3. The van der Waals surface area contributed by atoms with Crippen molar-refractivity contribution in [1.82, 2.24) is 10.5 Å². The first-order valence-electron chi connectivity index (χ1n) is 8.19. The lowest BCUT2D eigenvalue weighted by molar-refractivity contribution is -0.119. The van der Waals surface area contributed by atoms with Crippen LogP contribution in [0.5, 0.6) is 5.75 Å². The van der Waals surface area contributed by atoms with E-state index >= 15 is 0 Å². The smallest absolute Gasteiger partial charge is 0.239 e. The summed E-state index contributed by atoms with van der Waals surface area (Å²) in [6, 6.07) is 6.05. The van der Waals surface area contributed by atoms with E-state index in [0.29, 0.717) is 13.1 Å². The maximum atomic E-state index is 12.4. The summed E-state index contributed by atoms with van der Waals surface area (Å²) in [5.74, 6) is 1.55. The van der Waals surface area contributed by atoms with E-state index < -0.39 is 0 Å². The minimum Gasteiger partial charge on any atom is -0.495 e. The molecule has 0 aliphatic carbocycles. The number of hydrogen-bond donors (Lipinski definition) is 1. The molecule has 6 heteroatoms. The minimum atomic E-state index is -0.0197. The van der Waals surface area contributed by atoms with Gasteiger partial charge in [-0.2, -0.15) is 0 Å². The molecule has 2 heterocycles. The summed E-state index contributed by atoms with van der Waals surface area (Å²) in [4.78, 5) is 14.5. The molecule has 0 radical (unpaired) electrons. The topological polar surface area (TPSA) is 67.6 Å². The summed E-state index contributed by atoms with van der Waals surface area (Å²) in [5.41, 5.74) is 4.04. The SMILES string of the molecule is COc1cccc2c1N(CC(=O)NCc1c(C)noc1C)CCC2. The number of amides is 1. The molecule has 0 saturated heterocycles. The molecule has 1 aliphatic heterocycles. The van der Waals surface area contributed by atoms with Crippen molar-refractivity contribution in [3.8, 4) is 5.75 Å². The van der Waals surface area contributed by atoms with E-state index in [1.807, 2.05) is 26.0 Å². The van der Waals surface area contributed by atoms with Crippen LogP contribution in [0, 0.1) is 13.8 Å². The van der Waals surface area contributed by atoms with Crippen LogP contribution in [0.15, 0.2) is 22.7 Å². The average molecular weight is 329 g/mol. The number of aromatic nitrogens is 1. The zero-order chi connectivity index (χ0) is 17.1. The fraction of sp³-hybridized carbons (Fsp3) is 0.444. The average Bonchev–Trinajstić information content (AvgIpc) is 2.91. The number of para-hydroxylation sites is 1. The lowest BCUT2D eigenvalue weighted by Gasteiger charge is -2.32. The van der Waals surface area contributed by atoms with E-state index in [4.69, 9.17) is 9.26 Å². The van der Waals surface area contributed by atoms with Gasteiger partial charge in [-0.1, -0.05) is 17.3 Å². The molecular weight excluding hydrogens is 306 g/mol. The van der Waals surface area contributed by atoms with E-state index in [2.05, 4.69) is 21.4 Å². The second-order valence-corrected chi connectivity index (χ2v) is 6.07. The zero-order valence-electron chi connectivity index (χ0n) is 14.4. The van der Waals surface area contributed by atoms with Crippen LogP contribution < -0.4 is 15.0 Å². The van der Waals surface area contributed by atoms with Gasteiger partial charge in [0.25, 0.3) is 0 Å². The molecule has 1 N–H and O–H groups in total. The third kappa shape index (κ3) is 3.22. The van der Waals surface area contributed by atoms with Crippen LogP contribution >= 0.6 is 0 Å². The van der Waals surface area contributed by atoms with Crippen LogP contribution in [0.1, 0.15) is 29.0 Å². The molecular formula is C18H23N3O3. The molecule has 1 aromatic heterocycles. The van der Waals surface area contributed by atoms with Gasteiger partial charge in [-0.3, -0.25) is 4.79 Å². The van der Waals surface area contributed by atoms with Crippen molar-refractivity contribution >= 4 is 11.6 Å². The molecule has 6 nitrogen and oxygen atoms in total. The third-order valence-corrected chi connectivity index (χ3v) is 4.47. The molecule has 0 fully saturated rings. The molecule has 24 heavy (non-hydrogen) atoms. The molecule has 128 valence electrons. The Morgan fingerprint density at radius 3 is 2.96 bits per heavy atom. The molecule has 1 aliphatic rings. The maximum Gasteiger partial charge on any atom is 0.239 e. The van der Waals surface area contributed by atoms with E-state index in [-0.39, 0.29) is 5.91 Å². The van der Waals surface area contributed by atoms with E-state index in [1.54, 1.807) is 7.11 Å². The molecule has 1 amide bonds. The van der Waals surface area contributed by atoms with Gasteiger partial charge in [0, 0.05) is 18.7 Å². The van der Waals surface area contributed by atoms with E-state index in [9.17, 15) is 4.79 Å². The van der Waals surface area contributed by atoms with Crippen LogP contribution in [0.4, 0.5) is 5.69 Å². The van der Waals surface area contributed by atoms with Gasteiger partial charge in [-0.15, -0.1) is 0 Å². The number of benzene rings is 1. The number of ether oxygens (including phenoxy) is 1. The molecule has 0 atom stereocenters. The highest BCUT2D eigenvalue weighted by Gasteiger charge is 2.22. The van der Waals surface area contributed by atoms with Gasteiger partial charge >= 0.3 is 0 Å². The number of anilines is 1. The lowest BCUT2D eigenvalue weighted by Crippen LogP contribution is -2.39. The zero-order valence-corrected chi connectivity index (χ0v) is 14.4. The summed E-state index contributed by atoms with van der Waals surface area (Å²) in [6.07, 6.45) is 2.06. The molecule has 0 bridgehead atoms. The highest BCUT2D eigenvalue weighted by atomic mass is 16.5. The molecule has 0 unspecified atom stereocenters. The first kappa shape index (κ1) is 16.4. The molecule has 0 saturated carbocycles. The number of methoxy groups -OCH3 is 1. The van der Waals surface area contributed by atoms with Gasteiger partial charge in [-0.05, 0) is 38.3 Å². The Bertz CT molecular complexity index is 705. The second-order valence-electron chi connectivity index (χ2n) is 6.07. The van der Waals surface area contributed by atoms with Gasteiger partial charge in [0.1, 0.15) is 11.5 Å². The van der Waals surface area contributed by atoms with Gasteiger partial charge in [-0.25, -0.2) is 0 Å². The van der Waals surface area contributed by atoms with Crippen molar-refractivity contribution in [2.24, 2.45) is 0 Å². The van der Waals surface area contributed by atoms with Crippen molar-refractivity contribution in [2.45, 2.75) is 33.2 Å². The van der Waals surface area contributed by atoms with Crippen LogP contribution in [-0.2, 0) is 17.8 Å². The predicted octanol–water partition coefficient (Wildman–Crippen LogP) is 2.37. The van der Waals surface area contributed by atoms with Crippen LogP contribution in [-0.4, -0.2) is 31.3 Å². The third-order valence-electron chi connectivity index (χ3n) is 4.47. The highest BCUT2D eigenvalue weighted by molar-refractivity contribution is 5.83. The Kier molecular flexibility index (Phi) is 4.74. The van der Waals surface area contributed by atoms with Gasteiger partial charge in [0.2, 0.25) is 5.91 Å².